The average Bonchev–Trinajstić information content (AvgIpc) is 2.64. The van der Waals surface area contributed by atoms with Crippen LogP contribution in [0.3, 0.4) is 0 Å². The Labute approximate surface area is 147 Å². The summed E-state index contributed by atoms with van der Waals surface area (Å²) in [6, 6.07) is 13.3. The summed E-state index contributed by atoms with van der Waals surface area (Å²) in [4.78, 5) is 12.1. The molecule has 25 heavy (non-hydrogen) atoms. The van der Waals surface area contributed by atoms with Gasteiger partial charge in [-0.2, -0.15) is 0 Å². The lowest BCUT2D eigenvalue weighted by Gasteiger charge is -2.27. The van der Waals surface area contributed by atoms with Crippen LogP contribution in [0.2, 0.25) is 0 Å². The summed E-state index contributed by atoms with van der Waals surface area (Å²) in [6.07, 6.45) is 1.85. The Bertz CT molecular complexity index is 748. The Morgan fingerprint density at radius 3 is 2.96 bits per heavy atom. The SMILES string of the molecule is COc1ccc(CCC(=O)NCC2NCCc3ccccc32)cc1F. The molecule has 0 fully saturated rings. The van der Waals surface area contributed by atoms with E-state index in [9.17, 15) is 9.18 Å². The van der Waals surface area contributed by atoms with Crippen LogP contribution in [-0.4, -0.2) is 26.1 Å². The zero-order valence-corrected chi connectivity index (χ0v) is 14.3. The van der Waals surface area contributed by atoms with Crippen molar-refractivity contribution in [1.29, 1.82) is 0 Å². The molecule has 0 saturated carbocycles. The van der Waals surface area contributed by atoms with E-state index in [1.165, 1.54) is 24.3 Å². The number of aryl methyl sites for hydroxylation is 1. The maximum atomic E-state index is 13.7. The number of methoxy groups -OCH3 is 1. The van der Waals surface area contributed by atoms with Gasteiger partial charge in [-0.3, -0.25) is 4.79 Å². The van der Waals surface area contributed by atoms with Gasteiger partial charge in [-0.15, -0.1) is 0 Å². The molecule has 1 atom stereocenters. The maximum Gasteiger partial charge on any atom is 0.220 e. The van der Waals surface area contributed by atoms with Gasteiger partial charge in [0.15, 0.2) is 11.6 Å². The lowest BCUT2D eigenvalue weighted by molar-refractivity contribution is -0.121. The van der Waals surface area contributed by atoms with Crippen molar-refractivity contribution in [3.8, 4) is 5.75 Å². The Hall–Kier alpha value is -2.40. The van der Waals surface area contributed by atoms with E-state index in [-0.39, 0.29) is 17.7 Å². The third-order valence-corrected chi connectivity index (χ3v) is 4.58. The molecule has 1 unspecified atom stereocenters. The zero-order valence-electron chi connectivity index (χ0n) is 14.3. The van der Waals surface area contributed by atoms with Gasteiger partial charge >= 0.3 is 0 Å². The zero-order chi connectivity index (χ0) is 17.6. The molecule has 1 heterocycles. The van der Waals surface area contributed by atoms with Crippen LogP contribution in [-0.2, 0) is 17.6 Å². The highest BCUT2D eigenvalue weighted by Crippen LogP contribution is 2.22. The molecule has 1 aliphatic heterocycles. The molecule has 3 rings (SSSR count). The van der Waals surface area contributed by atoms with Crippen molar-refractivity contribution in [3.05, 3.63) is 65.0 Å². The van der Waals surface area contributed by atoms with E-state index in [1.807, 2.05) is 12.1 Å². The van der Waals surface area contributed by atoms with E-state index in [0.717, 1.165) is 18.5 Å². The fourth-order valence-corrected chi connectivity index (χ4v) is 3.20. The van der Waals surface area contributed by atoms with Gasteiger partial charge in [-0.1, -0.05) is 30.3 Å². The summed E-state index contributed by atoms with van der Waals surface area (Å²) in [6.45, 7) is 1.48. The number of ether oxygens (including phenoxy) is 1. The quantitative estimate of drug-likeness (QED) is 0.849. The highest BCUT2D eigenvalue weighted by molar-refractivity contribution is 5.76. The largest absolute Gasteiger partial charge is 0.494 e. The number of benzene rings is 2. The van der Waals surface area contributed by atoms with Crippen molar-refractivity contribution in [2.24, 2.45) is 0 Å². The number of carbonyl (C=O) groups is 1. The van der Waals surface area contributed by atoms with Gasteiger partial charge in [0, 0.05) is 19.0 Å². The van der Waals surface area contributed by atoms with E-state index >= 15 is 0 Å². The van der Waals surface area contributed by atoms with Crippen molar-refractivity contribution in [2.45, 2.75) is 25.3 Å². The average molecular weight is 342 g/mol. The molecular weight excluding hydrogens is 319 g/mol. The molecule has 132 valence electrons. The molecule has 0 aliphatic carbocycles. The Kier molecular flexibility index (Phi) is 5.66. The van der Waals surface area contributed by atoms with Crippen molar-refractivity contribution >= 4 is 5.91 Å². The number of amides is 1. The minimum Gasteiger partial charge on any atom is -0.494 e. The normalized spacial score (nSPS) is 16.2. The van der Waals surface area contributed by atoms with Crippen molar-refractivity contribution in [1.82, 2.24) is 10.6 Å². The molecule has 0 aromatic heterocycles. The van der Waals surface area contributed by atoms with E-state index in [4.69, 9.17) is 4.74 Å². The first-order chi connectivity index (χ1) is 12.2. The van der Waals surface area contributed by atoms with Crippen LogP contribution in [0, 0.1) is 5.82 Å². The van der Waals surface area contributed by atoms with Gasteiger partial charge in [-0.25, -0.2) is 4.39 Å². The summed E-state index contributed by atoms with van der Waals surface area (Å²) in [7, 11) is 1.43. The van der Waals surface area contributed by atoms with E-state index < -0.39 is 5.82 Å². The third kappa shape index (κ3) is 4.37. The van der Waals surface area contributed by atoms with Gasteiger partial charge in [0.25, 0.3) is 0 Å². The topological polar surface area (TPSA) is 50.4 Å². The Morgan fingerprint density at radius 1 is 1.32 bits per heavy atom. The Balaban J connectivity index is 1.50. The molecule has 2 aromatic carbocycles. The predicted molar refractivity (Wildman–Crippen MR) is 95.2 cm³/mol. The molecule has 1 amide bonds. The monoisotopic (exact) mass is 342 g/mol. The standard InChI is InChI=1S/C20H23FN2O2/c1-25-19-8-6-14(12-17(19)21)7-9-20(24)23-13-18-16-5-3-2-4-15(16)10-11-22-18/h2-6,8,12,18,22H,7,9-11,13H2,1H3,(H,23,24). The van der Waals surface area contributed by atoms with Gasteiger partial charge in [0.1, 0.15) is 0 Å². The molecule has 5 heteroatoms. The molecule has 0 spiro atoms. The minimum atomic E-state index is -0.400. The number of nitrogens with one attached hydrogen (secondary N) is 2. The second-order valence-electron chi connectivity index (χ2n) is 6.23. The number of rotatable bonds is 6. The van der Waals surface area contributed by atoms with Crippen LogP contribution < -0.4 is 15.4 Å². The molecule has 0 saturated heterocycles. The predicted octanol–water partition coefficient (Wildman–Crippen LogP) is 2.77. The van der Waals surface area contributed by atoms with Gasteiger partial charge < -0.3 is 15.4 Å². The second-order valence-corrected chi connectivity index (χ2v) is 6.23. The smallest absolute Gasteiger partial charge is 0.220 e. The van der Waals surface area contributed by atoms with E-state index in [1.54, 1.807) is 12.1 Å². The summed E-state index contributed by atoms with van der Waals surface area (Å²) >= 11 is 0. The van der Waals surface area contributed by atoms with E-state index in [2.05, 4.69) is 22.8 Å². The van der Waals surface area contributed by atoms with Crippen molar-refractivity contribution in [3.63, 3.8) is 0 Å². The summed E-state index contributed by atoms with van der Waals surface area (Å²) in [5.41, 5.74) is 3.38. The van der Waals surface area contributed by atoms with Crippen LogP contribution in [0.15, 0.2) is 42.5 Å². The summed E-state index contributed by atoms with van der Waals surface area (Å²) in [5.74, 6) is -0.209. The molecule has 2 N–H and O–H groups in total. The minimum absolute atomic E-state index is 0.0268. The molecule has 2 aromatic rings. The Morgan fingerprint density at radius 2 is 2.16 bits per heavy atom. The number of halogens is 1. The number of hydrogen-bond donors (Lipinski definition) is 2. The maximum absolute atomic E-state index is 13.7. The molecule has 4 nitrogen and oxygen atoms in total. The van der Waals surface area contributed by atoms with Crippen LogP contribution in [0.25, 0.3) is 0 Å². The first-order valence-corrected chi connectivity index (χ1v) is 8.57. The summed E-state index contributed by atoms with van der Waals surface area (Å²) in [5, 5.41) is 6.43. The lowest BCUT2D eigenvalue weighted by atomic mass is 9.94. The first kappa shape index (κ1) is 17.4. The fourth-order valence-electron chi connectivity index (χ4n) is 3.20. The summed E-state index contributed by atoms with van der Waals surface area (Å²) < 4.78 is 18.6. The number of fused-ring (bicyclic) bond motifs is 1. The van der Waals surface area contributed by atoms with Crippen LogP contribution in [0.5, 0.6) is 5.75 Å². The number of carbonyl (C=O) groups excluding carboxylic acids is 1. The van der Waals surface area contributed by atoms with Gasteiger partial charge in [-0.05, 0) is 48.2 Å². The highest BCUT2D eigenvalue weighted by Gasteiger charge is 2.19. The van der Waals surface area contributed by atoms with Gasteiger partial charge in [0.05, 0.1) is 7.11 Å². The van der Waals surface area contributed by atoms with Crippen molar-refractivity contribution < 1.29 is 13.9 Å². The highest BCUT2D eigenvalue weighted by atomic mass is 19.1. The second kappa shape index (κ2) is 8.12. The molecule has 1 aliphatic rings. The fraction of sp³-hybridized carbons (Fsp3) is 0.350. The third-order valence-electron chi connectivity index (χ3n) is 4.58. The number of hydrogen-bond acceptors (Lipinski definition) is 3. The van der Waals surface area contributed by atoms with Crippen LogP contribution in [0.1, 0.15) is 29.2 Å². The van der Waals surface area contributed by atoms with Crippen LogP contribution in [0.4, 0.5) is 4.39 Å². The lowest BCUT2D eigenvalue weighted by Crippen LogP contribution is -2.38. The van der Waals surface area contributed by atoms with Crippen LogP contribution >= 0.6 is 0 Å². The molecular formula is C20H23FN2O2. The molecule has 0 bridgehead atoms. The first-order valence-electron chi connectivity index (χ1n) is 8.57. The molecule has 0 radical (unpaired) electrons. The van der Waals surface area contributed by atoms with Crippen molar-refractivity contribution in [2.75, 3.05) is 20.2 Å². The van der Waals surface area contributed by atoms with Gasteiger partial charge in [0.2, 0.25) is 5.91 Å². The van der Waals surface area contributed by atoms with E-state index in [0.29, 0.717) is 19.4 Å².